The SMILES string of the molecule is C[C@@H]1CN(C(=O)c2ccccc2Br)CCN1. The summed E-state index contributed by atoms with van der Waals surface area (Å²) in [6.07, 6.45) is 0. The Balaban J connectivity index is 2.16. The van der Waals surface area contributed by atoms with Gasteiger partial charge >= 0.3 is 0 Å². The van der Waals surface area contributed by atoms with E-state index < -0.39 is 0 Å². The number of benzene rings is 1. The fourth-order valence-electron chi connectivity index (χ4n) is 1.92. The lowest BCUT2D eigenvalue weighted by Crippen LogP contribution is -2.51. The molecule has 1 atom stereocenters. The maximum atomic E-state index is 12.2. The van der Waals surface area contributed by atoms with Crippen LogP contribution in [0, 0.1) is 0 Å². The molecule has 1 aromatic rings. The van der Waals surface area contributed by atoms with Crippen molar-refractivity contribution in [2.24, 2.45) is 0 Å². The molecule has 0 radical (unpaired) electrons. The van der Waals surface area contributed by atoms with Gasteiger partial charge in [-0.2, -0.15) is 0 Å². The lowest BCUT2D eigenvalue weighted by molar-refractivity contribution is 0.0708. The van der Waals surface area contributed by atoms with Gasteiger partial charge in [-0.3, -0.25) is 4.79 Å². The van der Waals surface area contributed by atoms with Gasteiger partial charge in [-0.05, 0) is 35.0 Å². The Morgan fingerprint density at radius 2 is 2.25 bits per heavy atom. The highest BCUT2D eigenvalue weighted by molar-refractivity contribution is 9.10. The molecule has 1 amide bonds. The van der Waals surface area contributed by atoms with Crippen LogP contribution in [0.3, 0.4) is 0 Å². The number of rotatable bonds is 1. The van der Waals surface area contributed by atoms with E-state index in [9.17, 15) is 4.79 Å². The second kappa shape index (κ2) is 4.97. The first-order chi connectivity index (χ1) is 7.68. The van der Waals surface area contributed by atoms with Crippen LogP contribution in [0.15, 0.2) is 28.7 Å². The molecule has 0 spiro atoms. The van der Waals surface area contributed by atoms with Crippen LogP contribution in [0.4, 0.5) is 0 Å². The van der Waals surface area contributed by atoms with Crippen LogP contribution in [0.1, 0.15) is 17.3 Å². The lowest BCUT2D eigenvalue weighted by atomic mass is 10.1. The first kappa shape index (κ1) is 11.6. The lowest BCUT2D eigenvalue weighted by Gasteiger charge is -2.32. The molecule has 0 bridgehead atoms. The number of carbonyl (C=O) groups excluding carboxylic acids is 1. The number of carbonyl (C=O) groups is 1. The second-order valence-corrected chi connectivity index (χ2v) is 4.94. The normalized spacial score (nSPS) is 20.9. The number of nitrogens with zero attached hydrogens (tertiary/aromatic N) is 1. The molecular formula is C12H15BrN2O. The molecule has 16 heavy (non-hydrogen) atoms. The van der Waals surface area contributed by atoms with Crippen LogP contribution in [0.25, 0.3) is 0 Å². The standard InChI is InChI=1S/C12H15BrN2O/c1-9-8-15(7-6-14-9)12(16)10-4-2-3-5-11(10)13/h2-5,9,14H,6-8H2,1H3/t9-/m1/s1. The summed E-state index contributed by atoms with van der Waals surface area (Å²) in [4.78, 5) is 14.1. The van der Waals surface area contributed by atoms with E-state index >= 15 is 0 Å². The average molecular weight is 283 g/mol. The molecule has 1 fully saturated rings. The van der Waals surface area contributed by atoms with E-state index in [1.165, 1.54) is 0 Å². The minimum absolute atomic E-state index is 0.112. The Kier molecular flexibility index (Phi) is 3.61. The topological polar surface area (TPSA) is 32.3 Å². The monoisotopic (exact) mass is 282 g/mol. The van der Waals surface area contributed by atoms with Gasteiger partial charge < -0.3 is 10.2 Å². The van der Waals surface area contributed by atoms with Crippen molar-refractivity contribution in [2.75, 3.05) is 19.6 Å². The Morgan fingerprint density at radius 1 is 1.50 bits per heavy atom. The number of piperazine rings is 1. The number of hydrogen-bond acceptors (Lipinski definition) is 2. The molecule has 0 saturated carbocycles. The Bertz CT molecular complexity index is 394. The van der Waals surface area contributed by atoms with Crippen molar-refractivity contribution >= 4 is 21.8 Å². The minimum Gasteiger partial charge on any atom is -0.336 e. The van der Waals surface area contributed by atoms with E-state index in [-0.39, 0.29) is 5.91 Å². The predicted molar refractivity (Wildman–Crippen MR) is 67.5 cm³/mol. The van der Waals surface area contributed by atoms with Crippen LogP contribution in [-0.4, -0.2) is 36.5 Å². The van der Waals surface area contributed by atoms with E-state index in [0.29, 0.717) is 6.04 Å². The van der Waals surface area contributed by atoms with Gasteiger partial charge in [0.05, 0.1) is 5.56 Å². The summed E-state index contributed by atoms with van der Waals surface area (Å²) in [5.41, 5.74) is 0.747. The number of nitrogens with one attached hydrogen (secondary N) is 1. The molecule has 86 valence electrons. The quantitative estimate of drug-likeness (QED) is 0.853. The molecule has 4 heteroatoms. The van der Waals surface area contributed by atoms with E-state index in [0.717, 1.165) is 29.7 Å². The second-order valence-electron chi connectivity index (χ2n) is 4.09. The highest BCUT2D eigenvalue weighted by Crippen LogP contribution is 2.18. The number of halogens is 1. The summed E-state index contributed by atoms with van der Waals surface area (Å²) in [7, 11) is 0. The molecule has 1 heterocycles. The molecule has 1 aromatic carbocycles. The van der Waals surface area contributed by atoms with Gasteiger partial charge in [-0.15, -0.1) is 0 Å². The Morgan fingerprint density at radius 3 is 2.94 bits per heavy atom. The Labute approximate surface area is 104 Å². The fraction of sp³-hybridized carbons (Fsp3) is 0.417. The number of hydrogen-bond donors (Lipinski definition) is 1. The molecule has 0 unspecified atom stereocenters. The van der Waals surface area contributed by atoms with Gasteiger partial charge in [-0.1, -0.05) is 12.1 Å². The van der Waals surface area contributed by atoms with Gasteiger partial charge in [0.2, 0.25) is 0 Å². The molecule has 3 nitrogen and oxygen atoms in total. The van der Waals surface area contributed by atoms with Gasteiger partial charge in [0.25, 0.3) is 5.91 Å². The summed E-state index contributed by atoms with van der Waals surface area (Å²) in [6.45, 7) is 4.53. The third-order valence-corrected chi connectivity index (χ3v) is 3.45. The zero-order valence-corrected chi connectivity index (χ0v) is 10.8. The largest absolute Gasteiger partial charge is 0.336 e. The van der Waals surface area contributed by atoms with Crippen molar-refractivity contribution in [2.45, 2.75) is 13.0 Å². The third kappa shape index (κ3) is 2.44. The van der Waals surface area contributed by atoms with Crippen molar-refractivity contribution in [1.29, 1.82) is 0 Å². The summed E-state index contributed by atoms with van der Waals surface area (Å²) in [6, 6.07) is 7.95. The van der Waals surface area contributed by atoms with Crippen molar-refractivity contribution in [1.82, 2.24) is 10.2 Å². The minimum atomic E-state index is 0.112. The molecule has 1 N–H and O–H groups in total. The summed E-state index contributed by atoms with van der Waals surface area (Å²) in [5, 5.41) is 3.33. The van der Waals surface area contributed by atoms with Crippen molar-refractivity contribution in [3.63, 3.8) is 0 Å². The maximum Gasteiger partial charge on any atom is 0.255 e. The highest BCUT2D eigenvalue weighted by Gasteiger charge is 2.22. The molecular weight excluding hydrogens is 268 g/mol. The first-order valence-corrected chi connectivity index (χ1v) is 6.25. The fourth-order valence-corrected chi connectivity index (χ4v) is 2.38. The molecule has 0 aromatic heterocycles. The highest BCUT2D eigenvalue weighted by atomic mass is 79.9. The smallest absolute Gasteiger partial charge is 0.255 e. The van der Waals surface area contributed by atoms with Crippen molar-refractivity contribution < 1.29 is 4.79 Å². The van der Waals surface area contributed by atoms with Gasteiger partial charge in [0, 0.05) is 30.1 Å². The Hall–Kier alpha value is -0.870. The van der Waals surface area contributed by atoms with E-state index in [4.69, 9.17) is 0 Å². The van der Waals surface area contributed by atoms with Crippen molar-refractivity contribution in [3.8, 4) is 0 Å². The van der Waals surface area contributed by atoms with Crippen LogP contribution >= 0.6 is 15.9 Å². The van der Waals surface area contributed by atoms with Gasteiger partial charge in [-0.25, -0.2) is 0 Å². The van der Waals surface area contributed by atoms with E-state index in [1.54, 1.807) is 0 Å². The molecule has 2 rings (SSSR count). The van der Waals surface area contributed by atoms with Crippen LogP contribution in [0.5, 0.6) is 0 Å². The zero-order valence-electron chi connectivity index (χ0n) is 9.24. The van der Waals surface area contributed by atoms with Gasteiger partial charge in [0.1, 0.15) is 0 Å². The molecule has 1 saturated heterocycles. The van der Waals surface area contributed by atoms with Crippen LogP contribution < -0.4 is 5.32 Å². The van der Waals surface area contributed by atoms with Crippen LogP contribution in [0.2, 0.25) is 0 Å². The predicted octanol–water partition coefficient (Wildman–Crippen LogP) is 1.88. The zero-order chi connectivity index (χ0) is 11.5. The first-order valence-electron chi connectivity index (χ1n) is 5.45. The van der Waals surface area contributed by atoms with E-state index in [2.05, 4.69) is 28.2 Å². The third-order valence-electron chi connectivity index (χ3n) is 2.76. The summed E-state index contributed by atoms with van der Waals surface area (Å²) < 4.78 is 0.867. The average Bonchev–Trinajstić information content (AvgIpc) is 2.29. The van der Waals surface area contributed by atoms with Gasteiger partial charge in [0.15, 0.2) is 0 Å². The molecule has 1 aliphatic heterocycles. The molecule has 1 aliphatic rings. The molecule has 0 aliphatic carbocycles. The van der Waals surface area contributed by atoms with Crippen molar-refractivity contribution in [3.05, 3.63) is 34.3 Å². The summed E-state index contributed by atoms with van der Waals surface area (Å²) in [5.74, 6) is 0.112. The number of amides is 1. The maximum absolute atomic E-state index is 12.2. The van der Waals surface area contributed by atoms with Crippen LogP contribution in [-0.2, 0) is 0 Å². The van der Waals surface area contributed by atoms with E-state index in [1.807, 2.05) is 29.2 Å². The summed E-state index contributed by atoms with van der Waals surface area (Å²) >= 11 is 3.42.